The van der Waals surface area contributed by atoms with E-state index in [4.69, 9.17) is 4.74 Å². The molecule has 1 rings (SSSR count). The summed E-state index contributed by atoms with van der Waals surface area (Å²) in [6.07, 6.45) is 13.4. The van der Waals surface area contributed by atoms with Crippen molar-refractivity contribution in [1.82, 2.24) is 5.32 Å². The van der Waals surface area contributed by atoms with Gasteiger partial charge in [-0.25, -0.2) is 0 Å². The summed E-state index contributed by atoms with van der Waals surface area (Å²) in [5, 5.41) is 13.2. The molecule has 0 spiro atoms. The second kappa shape index (κ2) is 10.9. The number of allylic oxidation sites excluding steroid dienone is 6. The van der Waals surface area contributed by atoms with Crippen molar-refractivity contribution in [2.45, 2.75) is 19.8 Å². The first-order valence-corrected chi connectivity index (χ1v) is 7.99. The molecule has 24 heavy (non-hydrogen) atoms. The Morgan fingerprint density at radius 1 is 1.33 bits per heavy atom. The highest BCUT2D eigenvalue weighted by Gasteiger charge is 1.99. The van der Waals surface area contributed by atoms with Gasteiger partial charge < -0.3 is 15.2 Å². The van der Waals surface area contributed by atoms with E-state index >= 15 is 0 Å². The van der Waals surface area contributed by atoms with Crippen LogP contribution in [0.25, 0.3) is 6.08 Å². The van der Waals surface area contributed by atoms with E-state index in [2.05, 4.69) is 18.5 Å². The van der Waals surface area contributed by atoms with Crippen molar-refractivity contribution in [2.24, 2.45) is 0 Å². The summed E-state index contributed by atoms with van der Waals surface area (Å²) in [5.41, 5.74) is 2.91. The molecule has 2 N–H and O–H groups in total. The minimum absolute atomic E-state index is 0.186. The summed E-state index contributed by atoms with van der Waals surface area (Å²) in [5.74, 6) is 0.816. The van der Waals surface area contributed by atoms with Crippen LogP contribution in [0.1, 0.15) is 25.3 Å². The predicted molar refractivity (Wildman–Crippen MR) is 103 cm³/mol. The fourth-order valence-electron chi connectivity index (χ4n) is 2.01. The zero-order valence-electron chi connectivity index (χ0n) is 14.6. The number of phenols is 1. The van der Waals surface area contributed by atoms with Crippen LogP contribution in [0.4, 0.5) is 0 Å². The van der Waals surface area contributed by atoms with Crippen LogP contribution in [-0.2, 0) is 0 Å². The Morgan fingerprint density at radius 3 is 2.75 bits per heavy atom. The molecule has 0 saturated carbocycles. The highest BCUT2D eigenvalue weighted by atomic mass is 16.5. The molecule has 0 aromatic heterocycles. The van der Waals surface area contributed by atoms with Crippen LogP contribution >= 0.6 is 0 Å². The van der Waals surface area contributed by atoms with Crippen molar-refractivity contribution in [3.8, 4) is 11.5 Å². The molecule has 3 nitrogen and oxygen atoms in total. The van der Waals surface area contributed by atoms with Gasteiger partial charge in [0, 0.05) is 18.2 Å². The van der Waals surface area contributed by atoms with E-state index in [0.717, 1.165) is 30.5 Å². The summed E-state index contributed by atoms with van der Waals surface area (Å²) in [7, 11) is 1.57. The molecule has 0 unspecified atom stereocenters. The average molecular weight is 325 g/mol. The second-order valence-corrected chi connectivity index (χ2v) is 5.51. The fraction of sp³-hybridized carbons (Fsp3) is 0.238. The number of phenolic OH excluding ortho intramolecular Hbond substituents is 1. The number of hydrogen-bond acceptors (Lipinski definition) is 3. The molecule has 0 bridgehead atoms. The lowest BCUT2D eigenvalue weighted by atomic mass is 10.1. The van der Waals surface area contributed by atoms with Gasteiger partial charge in [0.2, 0.25) is 0 Å². The topological polar surface area (TPSA) is 41.5 Å². The summed E-state index contributed by atoms with van der Waals surface area (Å²) in [4.78, 5) is 0. The lowest BCUT2D eigenvalue weighted by Crippen LogP contribution is -2.06. The Kier molecular flexibility index (Phi) is 8.84. The van der Waals surface area contributed by atoms with Crippen LogP contribution < -0.4 is 10.1 Å². The summed E-state index contributed by atoms with van der Waals surface area (Å²) in [6, 6.07) is 5.22. The lowest BCUT2D eigenvalue weighted by Gasteiger charge is -2.03. The van der Waals surface area contributed by atoms with Crippen molar-refractivity contribution in [2.75, 3.05) is 13.7 Å². The maximum absolute atomic E-state index is 9.97. The lowest BCUT2D eigenvalue weighted by molar-refractivity contribution is 0.407. The van der Waals surface area contributed by atoms with Gasteiger partial charge in [-0.2, -0.15) is 0 Å². The number of rotatable bonds is 10. The Morgan fingerprint density at radius 2 is 2.12 bits per heavy atom. The Hall–Kier alpha value is -2.68. The van der Waals surface area contributed by atoms with Crippen LogP contribution in [-0.4, -0.2) is 18.8 Å². The molecule has 0 atom stereocenters. The monoisotopic (exact) mass is 325 g/mol. The molecule has 0 aliphatic carbocycles. The van der Waals surface area contributed by atoms with E-state index in [-0.39, 0.29) is 5.75 Å². The van der Waals surface area contributed by atoms with Crippen LogP contribution in [0, 0.1) is 0 Å². The normalized spacial score (nSPS) is 11.8. The van der Waals surface area contributed by atoms with E-state index in [1.807, 2.05) is 49.6 Å². The van der Waals surface area contributed by atoms with Crippen LogP contribution in [0.2, 0.25) is 0 Å². The van der Waals surface area contributed by atoms with Gasteiger partial charge in [0.15, 0.2) is 0 Å². The molecule has 0 amide bonds. The Balaban J connectivity index is 2.64. The summed E-state index contributed by atoms with van der Waals surface area (Å²) in [6.45, 7) is 10.6. The average Bonchev–Trinajstić information content (AvgIpc) is 2.56. The molecule has 0 fully saturated rings. The SMILES string of the molecule is C=C/C=C(\C=C/NCCCC(=C)C)/C=C/c1ccc(OC)cc1O. The maximum Gasteiger partial charge on any atom is 0.126 e. The number of benzene rings is 1. The van der Waals surface area contributed by atoms with E-state index in [0.29, 0.717) is 5.75 Å². The fourth-order valence-corrected chi connectivity index (χ4v) is 2.01. The molecular weight excluding hydrogens is 298 g/mol. The third kappa shape index (κ3) is 7.54. The van der Waals surface area contributed by atoms with E-state index in [1.54, 1.807) is 19.3 Å². The van der Waals surface area contributed by atoms with E-state index in [9.17, 15) is 5.11 Å². The zero-order valence-corrected chi connectivity index (χ0v) is 14.6. The van der Waals surface area contributed by atoms with Crippen molar-refractivity contribution in [1.29, 1.82) is 0 Å². The van der Waals surface area contributed by atoms with Crippen LogP contribution in [0.15, 0.2) is 73.0 Å². The van der Waals surface area contributed by atoms with Gasteiger partial charge in [-0.3, -0.25) is 0 Å². The second-order valence-electron chi connectivity index (χ2n) is 5.51. The van der Waals surface area contributed by atoms with Crippen LogP contribution in [0.3, 0.4) is 0 Å². The molecule has 0 saturated heterocycles. The highest BCUT2D eigenvalue weighted by molar-refractivity contribution is 5.61. The molecule has 3 heteroatoms. The number of ether oxygens (including phenoxy) is 1. The first-order valence-electron chi connectivity index (χ1n) is 7.99. The molecule has 1 aromatic carbocycles. The van der Waals surface area contributed by atoms with Crippen LogP contribution in [0.5, 0.6) is 11.5 Å². The molecule has 0 heterocycles. The first kappa shape index (κ1) is 19.4. The minimum Gasteiger partial charge on any atom is -0.507 e. The minimum atomic E-state index is 0.186. The number of aromatic hydroxyl groups is 1. The van der Waals surface area contributed by atoms with Gasteiger partial charge in [-0.1, -0.05) is 36.5 Å². The molecule has 128 valence electrons. The Bertz CT molecular complexity index is 639. The van der Waals surface area contributed by atoms with Gasteiger partial charge >= 0.3 is 0 Å². The molecule has 1 aromatic rings. The smallest absolute Gasteiger partial charge is 0.126 e. The van der Waals surface area contributed by atoms with Crippen molar-refractivity contribution in [3.05, 3.63) is 78.6 Å². The maximum atomic E-state index is 9.97. The Labute approximate surface area is 145 Å². The highest BCUT2D eigenvalue weighted by Crippen LogP contribution is 2.24. The molecule has 0 aliphatic heterocycles. The molecular formula is C21H27NO2. The first-order chi connectivity index (χ1) is 11.6. The zero-order chi connectivity index (χ0) is 17.8. The van der Waals surface area contributed by atoms with E-state index < -0.39 is 0 Å². The summed E-state index contributed by atoms with van der Waals surface area (Å²) >= 11 is 0. The van der Waals surface area contributed by atoms with Gasteiger partial charge in [0.25, 0.3) is 0 Å². The molecule has 0 radical (unpaired) electrons. The van der Waals surface area contributed by atoms with E-state index in [1.165, 1.54) is 5.57 Å². The van der Waals surface area contributed by atoms with Gasteiger partial charge in [-0.05, 0) is 49.7 Å². The van der Waals surface area contributed by atoms with Gasteiger partial charge in [0.05, 0.1) is 7.11 Å². The number of hydrogen-bond donors (Lipinski definition) is 2. The largest absolute Gasteiger partial charge is 0.507 e. The van der Waals surface area contributed by atoms with Crippen molar-refractivity contribution >= 4 is 6.08 Å². The van der Waals surface area contributed by atoms with Crippen molar-refractivity contribution < 1.29 is 9.84 Å². The number of methoxy groups -OCH3 is 1. The summed E-state index contributed by atoms with van der Waals surface area (Å²) < 4.78 is 5.08. The third-order valence-corrected chi connectivity index (χ3v) is 3.32. The van der Waals surface area contributed by atoms with Gasteiger partial charge in [0.1, 0.15) is 11.5 Å². The van der Waals surface area contributed by atoms with Gasteiger partial charge in [-0.15, -0.1) is 6.58 Å². The standard InChI is InChI=1S/C21H27NO2/c1-5-7-18(13-15-22-14-6-8-17(2)3)9-10-19-11-12-20(24-4)16-21(19)23/h5,7,9-13,15-16,22-23H,1-2,6,8,14H2,3-4H3/b10-9+,15-13-,18-7-. The van der Waals surface area contributed by atoms with Crippen molar-refractivity contribution in [3.63, 3.8) is 0 Å². The predicted octanol–water partition coefficient (Wildman–Crippen LogP) is 4.99. The quantitative estimate of drug-likeness (QED) is 0.362. The third-order valence-electron chi connectivity index (χ3n) is 3.32. The number of nitrogens with one attached hydrogen (secondary N) is 1. The molecule has 0 aliphatic rings.